The molecule has 0 aromatic carbocycles. The van der Waals surface area contributed by atoms with Gasteiger partial charge in [0.25, 0.3) is 0 Å². The molecular formula is C32H62O12. The molecule has 44 heavy (non-hydrogen) atoms. The lowest BCUT2D eigenvalue weighted by atomic mass is 10.00. The number of hydrogen-bond donors (Lipinski definition) is 1. The molecule has 262 valence electrons. The molecule has 0 amide bonds. The first-order valence-corrected chi connectivity index (χ1v) is 16.6. The molecule has 2 aliphatic heterocycles. The van der Waals surface area contributed by atoms with Crippen molar-refractivity contribution in [2.24, 2.45) is 5.92 Å². The highest BCUT2D eigenvalue weighted by atomic mass is 16.6. The monoisotopic (exact) mass is 638 g/mol. The molecule has 12 nitrogen and oxygen atoms in total. The summed E-state index contributed by atoms with van der Waals surface area (Å²) in [6, 6.07) is 0. The fraction of sp³-hybridized carbons (Fsp3) is 0.938. The summed E-state index contributed by atoms with van der Waals surface area (Å²) >= 11 is 0. The first-order chi connectivity index (χ1) is 21.6. The summed E-state index contributed by atoms with van der Waals surface area (Å²) in [5.41, 5.74) is 0. The maximum atomic E-state index is 11.2. The van der Waals surface area contributed by atoms with Crippen molar-refractivity contribution in [1.29, 1.82) is 0 Å². The van der Waals surface area contributed by atoms with E-state index in [2.05, 4.69) is 11.7 Å². The molecule has 0 saturated carbocycles. The molecule has 1 N–H and O–H groups in total. The summed E-state index contributed by atoms with van der Waals surface area (Å²) in [6.45, 7) is 12.5. The zero-order valence-electron chi connectivity index (χ0n) is 27.6. The number of hydrogen-bond acceptors (Lipinski definition) is 11. The van der Waals surface area contributed by atoms with E-state index in [0.717, 1.165) is 19.3 Å². The number of esters is 1. The number of carboxylic acids is 1. The van der Waals surface area contributed by atoms with Crippen molar-refractivity contribution in [1.82, 2.24) is 0 Å². The summed E-state index contributed by atoms with van der Waals surface area (Å²) in [6.07, 6.45) is 12.4. The third-order valence-electron chi connectivity index (χ3n) is 6.61. The summed E-state index contributed by atoms with van der Waals surface area (Å²) in [4.78, 5) is 22.1. The van der Waals surface area contributed by atoms with Gasteiger partial charge < -0.3 is 47.7 Å². The Bertz CT molecular complexity index is 498. The van der Waals surface area contributed by atoms with Crippen LogP contribution in [0.3, 0.4) is 0 Å². The lowest BCUT2D eigenvalue weighted by Gasteiger charge is -2.09. The highest BCUT2D eigenvalue weighted by molar-refractivity contribution is 5.93. The van der Waals surface area contributed by atoms with Crippen molar-refractivity contribution in [3.8, 4) is 0 Å². The highest BCUT2D eigenvalue weighted by Crippen LogP contribution is 2.15. The van der Waals surface area contributed by atoms with Gasteiger partial charge in [0.15, 0.2) is 5.92 Å². The van der Waals surface area contributed by atoms with E-state index in [4.69, 9.17) is 43.0 Å². The van der Waals surface area contributed by atoms with E-state index in [-0.39, 0.29) is 0 Å². The minimum Gasteiger partial charge on any atom is -0.481 e. The van der Waals surface area contributed by atoms with Gasteiger partial charge in [-0.3, -0.25) is 9.59 Å². The summed E-state index contributed by atoms with van der Waals surface area (Å²) in [5, 5.41) is 8.92. The molecule has 1 unspecified atom stereocenters. The summed E-state index contributed by atoms with van der Waals surface area (Å²) in [7, 11) is 1.23. The van der Waals surface area contributed by atoms with Crippen LogP contribution in [0.1, 0.15) is 77.6 Å². The molecule has 0 radical (unpaired) electrons. The zero-order chi connectivity index (χ0) is 32.2. The zero-order valence-corrected chi connectivity index (χ0v) is 27.6. The number of ether oxygens (including phenoxy) is 9. The third kappa shape index (κ3) is 32.0. The van der Waals surface area contributed by atoms with Crippen LogP contribution in [0.4, 0.5) is 0 Å². The normalized spacial score (nSPS) is 18.6. The maximum Gasteiger partial charge on any atom is 0.320 e. The van der Waals surface area contributed by atoms with Gasteiger partial charge in [0.1, 0.15) is 0 Å². The molecule has 2 rings (SSSR count). The lowest BCUT2D eigenvalue weighted by Crippen LogP contribution is -2.24. The number of carboxylic acid groups (broad SMARTS) is 1. The third-order valence-corrected chi connectivity index (χ3v) is 6.61. The summed E-state index contributed by atoms with van der Waals surface area (Å²) in [5.74, 6) is -2.70. The topological polar surface area (TPSA) is 137 Å². The van der Waals surface area contributed by atoms with Crippen LogP contribution in [0.25, 0.3) is 0 Å². The van der Waals surface area contributed by atoms with E-state index < -0.39 is 17.9 Å². The van der Waals surface area contributed by atoms with Gasteiger partial charge in [-0.05, 0) is 6.42 Å². The van der Waals surface area contributed by atoms with Gasteiger partial charge in [-0.15, -0.1) is 0 Å². The molecular weight excluding hydrogens is 576 g/mol. The molecule has 2 saturated heterocycles. The Morgan fingerprint density at radius 3 is 0.977 bits per heavy atom. The number of unbranched alkanes of at least 4 members (excludes halogenated alkanes) is 9. The fourth-order valence-corrected chi connectivity index (χ4v) is 4.08. The number of methoxy groups -OCH3 is 1. The number of aliphatic carboxylic acids is 1. The smallest absolute Gasteiger partial charge is 0.320 e. The van der Waals surface area contributed by atoms with Crippen LogP contribution in [0.15, 0.2) is 0 Å². The van der Waals surface area contributed by atoms with E-state index in [1.807, 2.05) is 0 Å². The van der Waals surface area contributed by atoms with Crippen LogP contribution in [0, 0.1) is 5.92 Å². The molecule has 1 atom stereocenters. The Balaban J connectivity index is 0.000000663. The predicted octanol–water partition coefficient (Wildman–Crippen LogP) is 4.30. The number of rotatable bonds is 13. The summed E-state index contributed by atoms with van der Waals surface area (Å²) < 4.78 is 46.2. The predicted molar refractivity (Wildman–Crippen MR) is 166 cm³/mol. The second-order valence-electron chi connectivity index (χ2n) is 10.3. The molecule has 2 aliphatic rings. The Morgan fingerprint density at radius 2 is 0.750 bits per heavy atom. The Kier molecular flexibility index (Phi) is 35.0. The Hall–Kier alpha value is -1.38. The van der Waals surface area contributed by atoms with E-state index in [9.17, 15) is 9.59 Å². The van der Waals surface area contributed by atoms with Gasteiger partial charge in [-0.25, -0.2) is 0 Å². The van der Waals surface area contributed by atoms with Gasteiger partial charge >= 0.3 is 11.9 Å². The minimum absolute atomic E-state index is 0.387. The van der Waals surface area contributed by atoms with Crippen molar-refractivity contribution in [3.05, 3.63) is 0 Å². The first-order valence-electron chi connectivity index (χ1n) is 16.6. The maximum absolute atomic E-state index is 11.2. The fourth-order valence-electron chi connectivity index (χ4n) is 4.08. The second-order valence-corrected chi connectivity index (χ2v) is 10.3. The van der Waals surface area contributed by atoms with Crippen LogP contribution >= 0.6 is 0 Å². The molecule has 0 bridgehead atoms. The quantitative estimate of drug-likeness (QED) is 0.175. The standard InChI is InChI=1S/C16H30O4.2C8H16O4/c1-3-4-5-6-7-8-9-10-11-12-13-14(15(17)18)16(19)20-2;2*1-2-10-5-6-12-8-7-11-4-3-9-1/h14H,3-13H2,1-2H3,(H,17,18);2*1-8H2. The van der Waals surface area contributed by atoms with E-state index in [1.54, 1.807) is 0 Å². The van der Waals surface area contributed by atoms with Crippen molar-refractivity contribution in [2.75, 3.05) is 113 Å². The van der Waals surface area contributed by atoms with Gasteiger partial charge in [-0.2, -0.15) is 0 Å². The lowest BCUT2D eigenvalue weighted by molar-refractivity contribution is -0.157. The van der Waals surface area contributed by atoms with Gasteiger partial charge in [0, 0.05) is 0 Å². The molecule has 0 aromatic rings. The van der Waals surface area contributed by atoms with E-state index >= 15 is 0 Å². The van der Waals surface area contributed by atoms with Gasteiger partial charge in [0.2, 0.25) is 0 Å². The van der Waals surface area contributed by atoms with E-state index in [0.29, 0.717) is 112 Å². The average molecular weight is 639 g/mol. The minimum atomic E-state index is -1.08. The first kappa shape index (κ1) is 42.6. The highest BCUT2D eigenvalue weighted by Gasteiger charge is 2.26. The van der Waals surface area contributed by atoms with Crippen molar-refractivity contribution in [2.45, 2.75) is 77.6 Å². The second kappa shape index (κ2) is 36.1. The van der Waals surface area contributed by atoms with Crippen LogP contribution in [-0.2, 0) is 52.2 Å². The number of carbonyl (C=O) groups excluding carboxylic acids is 1. The molecule has 12 heteroatoms. The largest absolute Gasteiger partial charge is 0.481 e. The van der Waals surface area contributed by atoms with Gasteiger partial charge in [0.05, 0.1) is 113 Å². The SMILES string of the molecule is C1COCCOCCOCCO1.C1COCCOCCOCCO1.CCCCCCCCCCCCC(C(=O)O)C(=O)OC. The molecule has 0 aliphatic carbocycles. The van der Waals surface area contributed by atoms with Crippen LogP contribution in [0.2, 0.25) is 0 Å². The molecule has 0 aromatic heterocycles. The van der Waals surface area contributed by atoms with Crippen LogP contribution < -0.4 is 0 Å². The van der Waals surface area contributed by atoms with Crippen molar-refractivity contribution in [3.63, 3.8) is 0 Å². The van der Waals surface area contributed by atoms with E-state index in [1.165, 1.54) is 52.1 Å². The van der Waals surface area contributed by atoms with Gasteiger partial charge in [-0.1, -0.05) is 71.1 Å². The van der Waals surface area contributed by atoms with Crippen LogP contribution in [-0.4, -0.2) is 130 Å². The Morgan fingerprint density at radius 1 is 0.500 bits per heavy atom. The molecule has 2 fully saturated rings. The van der Waals surface area contributed by atoms with Crippen molar-refractivity contribution >= 4 is 11.9 Å². The molecule has 0 spiro atoms. The van der Waals surface area contributed by atoms with Crippen molar-refractivity contribution < 1.29 is 57.3 Å². The average Bonchev–Trinajstić information content (AvgIpc) is 3.01. The Labute approximate surface area is 265 Å². The molecule has 2 heterocycles. The number of carbonyl (C=O) groups is 2. The van der Waals surface area contributed by atoms with Crippen LogP contribution in [0.5, 0.6) is 0 Å².